The second kappa shape index (κ2) is 5.47. The molecule has 1 N–H and O–H groups in total. The number of nitrogens with zero attached hydrogens (tertiary/aromatic N) is 3. The van der Waals surface area contributed by atoms with Crippen molar-refractivity contribution >= 4 is 27.4 Å². The summed E-state index contributed by atoms with van der Waals surface area (Å²) < 4.78 is 6.13. The van der Waals surface area contributed by atoms with Gasteiger partial charge in [0.25, 0.3) is 0 Å². The number of aromatic nitrogens is 2. The van der Waals surface area contributed by atoms with Gasteiger partial charge in [0.1, 0.15) is 11.8 Å². The zero-order valence-electron chi connectivity index (χ0n) is 9.51. The fraction of sp³-hybridized carbons (Fsp3) is 0.0833. The zero-order valence-corrected chi connectivity index (χ0v) is 11.1. The Labute approximate surface area is 113 Å². The van der Waals surface area contributed by atoms with Gasteiger partial charge in [-0.05, 0) is 24.3 Å². The SMILES string of the molecule is COc1ccc(Br)cc1Nc1nnccc1C#N. The summed E-state index contributed by atoms with van der Waals surface area (Å²) in [5.41, 5.74) is 1.14. The predicted octanol–water partition coefficient (Wildman–Crippen LogP) is 2.86. The molecule has 0 saturated carbocycles. The Morgan fingerprint density at radius 1 is 1.39 bits per heavy atom. The molecule has 0 amide bonds. The molecule has 90 valence electrons. The molecule has 2 aromatic rings. The van der Waals surface area contributed by atoms with Gasteiger partial charge in [0.2, 0.25) is 0 Å². The van der Waals surface area contributed by atoms with Crippen LogP contribution >= 0.6 is 15.9 Å². The molecule has 0 fully saturated rings. The molecule has 0 bridgehead atoms. The van der Waals surface area contributed by atoms with Gasteiger partial charge in [0.15, 0.2) is 5.82 Å². The summed E-state index contributed by atoms with van der Waals surface area (Å²) in [6, 6.07) is 9.17. The van der Waals surface area contributed by atoms with E-state index in [-0.39, 0.29) is 0 Å². The van der Waals surface area contributed by atoms with E-state index >= 15 is 0 Å². The fourth-order valence-electron chi connectivity index (χ4n) is 1.42. The van der Waals surface area contributed by atoms with Gasteiger partial charge in [-0.3, -0.25) is 0 Å². The molecule has 5 nitrogen and oxygen atoms in total. The Morgan fingerprint density at radius 2 is 2.22 bits per heavy atom. The topological polar surface area (TPSA) is 70.8 Å². The first-order valence-electron chi connectivity index (χ1n) is 5.07. The highest BCUT2D eigenvalue weighted by molar-refractivity contribution is 9.10. The number of anilines is 2. The Balaban J connectivity index is 2.40. The van der Waals surface area contributed by atoms with Gasteiger partial charge in [-0.15, -0.1) is 5.10 Å². The van der Waals surface area contributed by atoms with Crippen molar-refractivity contribution in [2.45, 2.75) is 0 Å². The van der Waals surface area contributed by atoms with Crippen LogP contribution in [-0.2, 0) is 0 Å². The van der Waals surface area contributed by atoms with Gasteiger partial charge in [0, 0.05) is 4.47 Å². The number of halogens is 1. The fourth-order valence-corrected chi connectivity index (χ4v) is 1.78. The molecule has 0 saturated heterocycles. The molecule has 0 aliphatic rings. The third-order valence-electron chi connectivity index (χ3n) is 2.26. The minimum atomic E-state index is 0.399. The predicted molar refractivity (Wildman–Crippen MR) is 70.7 cm³/mol. The van der Waals surface area contributed by atoms with Crippen LogP contribution in [0.4, 0.5) is 11.5 Å². The lowest BCUT2D eigenvalue weighted by Crippen LogP contribution is -2.00. The molecule has 1 heterocycles. The summed E-state index contributed by atoms with van der Waals surface area (Å²) >= 11 is 3.38. The van der Waals surface area contributed by atoms with Crippen molar-refractivity contribution in [1.29, 1.82) is 5.26 Å². The van der Waals surface area contributed by atoms with E-state index in [2.05, 4.69) is 37.5 Å². The third kappa shape index (κ3) is 2.57. The van der Waals surface area contributed by atoms with Crippen molar-refractivity contribution in [2.24, 2.45) is 0 Å². The van der Waals surface area contributed by atoms with Crippen molar-refractivity contribution in [2.75, 3.05) is 12.4 Å². The summed E-state index contributed by atoms with van der Waals surface area (Å²) in [7, 11) is 1.58. The van der Waals surface area contributed by atoms with Gasteiger partial charge in [0.05, 0.1) is 24.6 Å². The molecule has 0 aliphatic heterocycles. The van der Waals surface area contributed by atoms with E-state index < -0.39 is 0 Å². The third-order valence-corrected chi connectivity index (χ3v) is 2.75. The van der Waals surface area contributed by atoms with Crippen LogP contribution in [0.2, 0.25) is 0 Å². The molecule has 0 spiro atoms. The monoisotopic (exact) mass is 304 g/mol. The number of methoxy groups -OCH3 is 1. The highest BCUT2D eigenvalue weighted by Crippen LogP contribution is 2.30. The zero-order chi connectivity index (χ0) is 13.0. The van der Waals surface area contributed by atoms with Crippen LogP contribution in [-0.4, -0.2) is 17.3 Å². The molecular weight excluding hydrogens is 296 g/mol. The molecular formula is C12H9BrN4O. The van der Waals surface area contributed by atoms with Crippen molar-refractivity contribution in [3.8, 4) is 11.8 Å². The normalized spacial score (nSPS) is 9.61. The number of nitriles is 1. The van der Waals surface area contributed by atoms with Crippen LogP contribution in [0, 0.1) is 11.3 Å². The number of hydrogen-bond donors (Lipinski definition) is 1. The van der Waals surface area contributed by atoms with Crippen molar-refractivity contribution in [1.82, 2.24) is 10.2 Å². The van der Waals surface area contributed by atoms with E-state index in [4.69, 9.17) is 10.00 Å². The van der Waals surface area contributed by atoms with Crippen LogP contribution < -0.4 is 10.1 Å². The Hall–Kier alpha value is -2.13. The van der Waals surface area contributed by atoms with Crippen LogP contribution in [0.15, 0.2) is 34.9 Å². The Morgan fingerprint density at radius 3 is 2.94 bits per heavy atom. The minimum Gasteiger partial charge on any atom is -0.495 e. The molecule has 1 aromatic carbocycles. The minimum absolute atomic E-state index is 0.399. The second-order valence-corrected chi connectivity index (χ2v) is 4.29. The molecule has 0 radical (unpaired) electrons. The first-order valence-corrected chi connectivity index (χ1v) is 5.86. The Kier molecular flexibility index (Phi) is 3.75. The van der Waals surface area contributed by atoms with Crippen LogP contribution in [0.1, 0.15) is 5.56 Å². The van der Waals surface area contributed by atoms with E-state index in [1.54, 1.807) is 13.2 Å². The average molecular weight is 305 g/mol. The van der Waals surface area contributed by atoms with Gasteiger partial charge >= 0.3 is 0 Å². The largest absolute Gasteiger partial charge is 0.495 e. The number of ether oxygens (including phenoxy) is 1. The van der Waals surface area contributed by atoms with Crippen molar-refractivity contribution in [3.63, 3.8) is 0 Å². The first-order chi connectivity index (χ1) is 8.74. The molecule has 0 atom stereocenters. The second-order valence-electron chi connectivity index (χ2n) is 3.37. The quantitative estimate of drug-likeness (QED) is 0.944. The van der Waals surface area contributed by atoms with Gasteiger partial charge in [-0.2, -0.15) is 10.4 Å². The Bertz CT molecular complexity index is 609. The lowest BCUT2D eigenvalue weighted by molar-refractivity contribution is 0.416. The van der Waals surface area contributed by atoms with Crippen molar-refractivity contribution in [3.05, 3.63) is 40.5 Å². The average Bonchev–Trinajstić information content (AvgIpc) is 2.40. The maximum absolute atomic E-state index is 8.98. The first kappa shape index (κ1) is 12.3. The van der Waals surface area contributed by atoms with Crippen LogP contribution in [0.25, 0.3) is 0 Å². The number of rotatable bonds is 3. The lowest BCUT2D eigenvalue weighted by Gasteiger charge is -2.11. The van der Waals surface area contributed by atoms with E-state index in [9.17, 15) is 0 Å². The lowest BCUT2D eigenvalue weighted by atomic mass is 10.2. The summed E-state index contributed by atoms with van der Waals surface area (Å²) in [4.78, 5) is 0. The summed E-state index contributed by atoms with van der Waals surface area (Å²) in [6.45, 7) is 0. The summed E-state index contributed by atoms with van der Waals surface area (Å²) in [5, 5.41) is 19.7. The van der Waals surface area contributed by atoms with Gasteiger partial charge < -0.3 is 10.1 Å². The maximum Gasteiger partial charge on any atom is 0.171 e. The van der Waals surface area contributed by atoms with Gasteiger partial charge in [-0.1, -0.05) is 15.9 Å². The van der Waals surface area contributed by atoms with E-state index in [0.29, 0.717) is 22.8 Å². The molecule has 6 heteroatoms. The van der Waals surface area contributed by atoms with Crippen molar-refractivity contribution < 1.29 is 4.74 Å². The highest BCUT2D eigenvalue weighted by atomic mass is 79.9. The summed E-state index contributed by atoms with van der Waals surface area (Å²) in [6.07, 6.45) is 1.47. The molecule has 18 heavy (non-hydrogen) atoms. The van der Waals surface area contributed by atoms with E-state index in [1.807, 2.05) is 18.2 Å². The highest BCUT2D eigenvalue weighted by Gasteiger charge is 2.08. The molecule has 2 rings (SSSR count). The van der Waals surface area contributed by atoms with Gasteiger partial charge in [-0.25, -0.2) is 0 Å². The van der Waals surface area contributed by atoms with Crippen LogP contribution in [0.3, 0.4) is 0 Å². The maximum atomic E-state index is 8.98. The molecule has 0 aliphatic carbocycles. The number of benzene rings is 1. The van der Waals surface area contributed by atoms with Crippen LogP contribution in [0.5, 0.6) is 5.75 Å². The smallest absolute Gasteiger partial charge is 0.171 e. The van der Waals surface area contributed by atoms with E-state index in [1.165, 1.54) is 6.20 Å². The standard InChI is InChI=1S/C12H9BrN4O/c1-18-11-3-2-9(13)6-10(11)16-12-8(7-14)4-5-15-17-12/h2-6H,1H3,(H,16,17). The van der Waals surface area contributed by atoms with E-state index in [0.717, 1.165) is 4.47 Å². The molecule has 1 aromatic heterocycles. The number of nitrogens with one attached hydrogen (secondary N) is 1. The molecule has 0 unspecified atom stereocenters. The number of hydrogen-bond acceptors (Lipinski definition) is 5. The summed E-state index contributed by atoms with van der Waals surface area (Å²) in [5.74, 6) is 1.06.